The van der Waals surface area contributed by atoms with E-state index in [4.69, 9.17) is 0 Å². The number of aliphatic imine (C=N–C) groups is 2. The molecular weight excluding hydrogens is 603 g/mol. The predicted octanol–water partition coefficient (Wildman–Crippen LogP) is 6.63. The summed E-state index contributed by atoms with van der Waals surface area (Å²) in [5, 5.41) is 27.0. The molecule has 0 fully saturated rings. The molecule has 4 aliphatic rings. The van der Waals surface area contributed by atoms with Crippen molar-refractivity contribution in [3.63, 3.8) is 0 Å². The molecule has 1 atom stereocenters. The van der Waals surface area contributed by atoms with E-state index >= 15 is 0 Å². The van der Waals surface area contributed by atoms with Gasteiger partial charge < -0.3 is 20.0 Å². The van der Waals surface area contributed by atoms with Crippen LogP contribution in [0.1, 0.15) is 18.1 Å². The topological polar surface area (TPSA) is 71.7 Å². The maximum absolute atomic E-state index is 14.3. The van der Waals surface area contributed by atoms with Gasteiger partial charge in [-0.15, -0.1) is 22.7 Å². The molecule has 6 nitrogen and oxygen atoms in total. The van der Waals surface area contributed by atoms with Crippen molar-refractivity contribution in [3.05, 3.63) is 79.7 Å². The number of rotatable bonds is 4. The minimum Gasteiger partial charge on any atom is -0.391 e. The Morgan fingerprint density at radius 3 is 1.93 bits per heavy atom. The first-order valence-corrected chi connectivity index (χ1v) is 16.4. The van der Waals surface area contributed by atoms with E-state index in [0.29, 0.717) is 9.40 Å². The van der Waals surface area contributed by atoms with Gasteiger partial charge >= 0.3 is 0 Å². The molecule has 0 radical (unpaired) electrons. The van der Waals surface area contributed by atoms with Crippen LogP contribution in [0.15, 0.2) is 67.0 Å². The van der Waals surface area contributed by atoms with Gasteiger partial charge in [-0.1, -0.05) is 23.5 Å². The molecule has 0 saturated heterocycles. The van der Waals surface area contributed by atoms with Gasteiger partial charge in [0, 0.05) is 34.0 Å². The van der Waals surface area contributed by atoms with E-state index in [9.17, 15) is 19.0 Å². The number of aliphatic hydroxyl groups is 2. The Hall–Kier alpha value is -2.74. The van der Waals surface area contributed by atoms with E-state index in [1.807, 2.05) is 35.0 Å². The fourth-order valence-electron chi connectivity index (χ4n) is 5.39. The lowest BCUT2D eigenvalue weighted by Crippen LogP contribution is -2.20. The third-order valence-electron chi connectivity index (χ3n) is 7.14. The van der Waals surface area contributed by atoms with Gasteiger partial charge in [0.05, 0.1) is 46.6 Å². The molecule has 12 heteroatoms. The summed E-state index contributed by atoms with van der Waals surface area (Å²) in [6.45, 7) is 4.79. The highest BCUT2D eigenvalue weighted by atomic mass is 32.2. The summed E-state index contributed by atoms with van der Waals surface area (Å²) >= 11 is 5.79. The number of hydrogen-bond acceptors (Lipinski definition) is 10. The molecule has 1 unspecified atom stereocenters. The SMILES string of the molecule is CC(O)C1=C(c2cc(F)c3sccc3c2)N2CCN=C2S1.OCC1=C(c2cc(F)c3sccc3c2)N2CCN=C2S1. The first-order valence-electron chi connectivity index (χ1n) is 13.0. The third-order valence-corrected chi connectivity index (χ3v) is 11.4. The standard InChI is InChI=1S/C15H13FN2OS2.C14H11FN2OS2/c1-8(19)13-12(18-4-3-17-15(18)21-13)10-6-9-2-5-20-14(9)11(16)7-10;15-10-6-9(5-8-1-4-19-13(8)10)12-11(7-18)20-14-16-2-3-17(12)14/h2,5-8,19H,3-4H2,1H3;1,4-6,18H,2-3,7H2. The second kappa shape index (κ2) is 10.8. The van der Waals surface area contributed by atoms with Crippen LogP contribution in [0, 0.1) is 11.6 Å². The van der Waals surface area contributed by atoms with Crippen LogP contribution in [0.25, 0.3) is 31.6 Å². The lowest BCUT2D eigenvalue weighted by Gasteiger charge is -2.18. The van der Waals surface area contributed by atoms with Gasteiger partial charge in [0.25, 0.3) is 0 Å². The van der Waals surface area contributed by atoms with Crippen LogP contribution in [0.2, 0.25) is 0 Å². The third kappa shape index (κ3) is 4.70. The van der Waals surface area contributed by atoms with Gasteiger partial charge in [-0.2, -0.15) is 0 Å². The van der Waals surface area contributed by atoms with Crippen LogP contribution in [0.4, 0.5) is 8.78 Å². The van der Waals surface area contributed by atoms with Crippen molar-refractivity contribution < 1.29 is 19.0 Å². The quantitative estimate of drug-likeness (QED) is 0.265. The molecular formula is C29H24F2N4O2S4. The zero-order chi connectivity index (χ0) is 28.2. The summed E-state index contributed by atoms with van der Waals surface area (Å²) in [6.07, 6.45) is -0.584. The normalized spacial score (nSPS) is 18.8. The second-order valence-corrected chi connectivity index (χ2v) is 13.7. The van der Waals surface area contributed by atoms with Crippen molar-refractivity contribution in [2.75, 3.05) is 32.8 Å². The van der Waals surface area contributed by atoms with Gasteiger partial charge in [0.15, 0.2) is 10.3 Å². The molecule has 6 heterocycles. The molecule has 4 aromatic rings. The number of nitrogens with zero attached hydrogens (tertiary/aromatic N) is 4. The van der Waals surface area contributed by atoms with E-state index in [2.05, 4.69) is 19.8 Å². The zero-order valence-corrected chi connectivity index (χ0v) is 25.1. The van der Waals surface area contributed by atoms with Crippen molar-refractivity contribution >= 4 is 88.1 Å². The van der Waals surface area contributed by atoms with Crippen molar-refractivity contribution in [1.82, 2.24) is 9.80 Å². The zero-order valence-electron chi connectivity index (χ0n) is 21.8. The molecule has 2 aromatic heterocycles. The fraction of sp³-hybridized carbons (Fsp3) is 0.241. The molecule has 2 aromatic carbocycles. The van der Waals surface area contributed by atoms with Crippen LogP contribution >= 0.6 is 46.2 Å². The number of halogens is 2. The van der Waals surface area contributed by atoms with Gasteiger partial charge in [-0.25, -0.2) is 8.78 Å². The van der Waals surface area contributed by atoms with Crippen LogP contribution in [-0.4, -0.2) is 69.2 Å². The Kier molecular flexibility index (Phi) is 7.16. The van der Waals surface area contributed by atoms with Crippen molar-refractivity contribution in [1.29, 1.82) is 0 Å². The molecule has 0 aliphatic carbocycles. The van der Waals surface area contributed by atoms with Crippen LogP contribution in [0.5, 0.6) is 0 Å². The van der Waals surface area contributed by atoms with Crippen LogP contribution < -0.4 is 0 Å². The Balaban J connectivity index is 0.000000135. The Morgan fingerprint density at radius 1 is 0.829 bits per heavy atom. The fourth-order valence-corrected chi connectivity index (χ4v) is 9.16. The molecule has 8 rings (SSSR count). The van der Waals surface area contributed by atoms with Gasteiger partial charge in [0.2, 0.25) is 0 Å². The largest absolute Gasteiger partial charge is 0.391 e. The number of thiophene rings is 2. The number of thioether (sulfide) groups is 2. The van der Waals surface area contributed by atoms with E-state index in [1.54, 1.807) is 19.1 Å². The monoisotopic (exact) mass is 626 g/mol. The van der Waals surface area contributed by atoms with Gasteiger partial charge in [-0.05, 0) is 64.9 Å². The lowest BCUT2D eigenvalue weighted by molar-refractivity contribution is 0.240. The van der Waals surface area contributed by atoms with E-state index in [-0.39, 0.29) is 18.2 Å². The van der Waals surface area contributed by atoms with Crippen molar-refractivity contribution in [2.24, 2.45) is 9.98 Å². The molecule has 0 bridgehead atoms. The summed E-state index contributed by atoms with van der Waals surface area (Å²) in [6, 6.07) is 11.0. The van der Waals surface area contributed by atoms with Gasteiger partial charge in [0.1, 0.15) is 11.6 Å². The predicted molar refractivity (Wildman–Crippen MR) is 169 cm³/mol. The molecule has 0 saturated carbocycles. The van der Waals surface area contributed by atoms with Crippen LogP contribution in [0.3, 0.4) is 0 Å². The highest BCUT2D eigenvalue weighted by Gasteiger charge is 2.35. The summed E-state index contributed by atoms with van der Waals surface area (Å²) < 4.78 is 29.8. The highest BCUT2D eigenvalue weighted by molar-refractivity contribution is 8.18. The molecule has 2 N–H and O–H groups in total. The lowest BCUT2D eigenvalue weighted by atomic mass is 10.1. The Bertz CT molecular complexity index is 1820. The number of hydrogen-bond donors (Lipinski definition) is 2. The van der Waals surface area contributed by atoms with Crippen molar-refractivity contribution in [2.45, 2.75) is 13.0 Å². The Labute approximate surface area is 251 Å². The first-order chi connectivity index (χ1) is 19.9. The number of fused-ring (bicyclic) bond motifs is 4. The van der Waals surface area contributed by atoms with Gasteiger partial charge in [-0.3, -0.25) is 9.98 Å². The maximum atomic E-state index is 14.3. The maximum Gasteiger partial charge on any atom is 0.168 e. The molecule has 0 spiro atoms. The minimum atomic E-state index is -0.584. The second-order valence-electron chi connectivity index (χ2n) is 9.75. The van der Waals surface area contributed by atoms with E-state index in [0.717, 1.165) is 79.6 Å². The minimum absolute atomic E-state index is 0.0428. The van der Waals surface area contributed by atoms with E-state index in [1.165, 1.54) is 46.2 Å². The van der Waals surface area contributed by atoms with Crippen molar-refractivity contribution in [3.8, 4) is 0 Å². The average Bonchev–Trinajstić information content (AvgIpc) is 3.76. The molecule has 0 amide bonds. The number of benzene rings is 2. The van der Waals surface area contributed by atoms with E-state index < -0.39 is 6.10 Å². The summed E-state index contributed by atoms with van der Waals surface area (Å²) in [7, 11) is 0. The molecule has 4 aliphatic heterocycles. The summed E-state index contributed by atoms with van der Waals surface area (Å²) in [5.41, 5.74) is 3.44. The Morgan fingerprint density at radius 2 is 1.37 bits per heavy atom. The highest BCUT2D eigenvalue weighted by Crippen LogP contribution is 2.45. The first kappa shape index (κ1) is 27.1. The molecule has 210 valence electrons. The summed E-state index contributed by atoms with van der Waals surface area (Å²) in [5.74, 6) is -0.406. The number of amidine groups is 2. The smallest absolute Gasteiger partial charge is 0.168 e. The van der Waals surface area contributed by atoms with Crippen LogP contribution in [-0.2, 0) is 0 Å². The number of aliphatic hydroxyl groups excluding tert-OH is 2. The average molecular weight is 627 g/mol. The molecule has 41 heavy (non-hydrogen) atoms. The summed E-state index contributed by atoms with van der Waals surface area (Å²) in [4.78, 5) is 14.7.